The van der Waals surface area contributed by atoms with E-state index in [0.29, 0.717) is 29.7 Å². The molecular weight excluding hydrogens is 524 g/mol. The van der Waals surface area contributed by atoms with Crippen molar-refractivity contribution in [1.82, 2.24) is 24.4 Å². The predicted octanol–water partition coefficient (Wildman–Crippen LogP) is 2.71. The number of methoxy groups -OCH3 is 1. The molecule has 0 spiro atoms. The van der Waals surface area contributed by atoms with Crippen molar-refractivity contribution in [2.75, 3.05) is 32.3 Å². The van der Waals surface area contributed by atoms with E-state index in [1.165, 1.54) is 11.6 Å². The van der Waals surface area contributed by atoms with E-state index in [9.17, 15) is 18.3 Å². The van der Waals surface area contributed by atoms with E-state index in [2.05, 4.69) is 10.2 Å². The Morgan fingerprint density at radius 2 is 1.87 bits per heavy atom. The molecule has 0 radical (unpaired) electrons. The molecule has 1 aromatic carbocycles. The fourth-order valence-corrected chi connectivity index (χ4v) is 6.22. The molecule has 0 aliphatic heterocycles. The first-order valence-corrected chi connectivity index (χ1v) is 14.4. The third-order valence-corrected chi connectivity index (χ3v) is 8.34. The van der Waals surface area contributed by atoms with Gasteiger partial charge in [-0.15, -0.1) is 0 Å². The largest absolute Gasteiger partial charge is 0.479 e. The molecule has 0 atom stereocenters. The number of carboxylic acids is 1. The van der Waals surface area contributed by atoms with Crippen molar-refractivity contribution in [2.24, 2.45) is 0 Å². The number of nitrogens with zero attached hydrogens (tertiary/aromatic N) is 5. The molecule has 39 heavy (non-hydrogen) atoms. The number of aliphatic carboxylic acids is 1. The number of carbonyl (C=O) groups is 1. The lowest BCUT2D eigenvalue weighted by atomic mass is 9.77. The van der Waals surface area contributed by atoms with Gasteiger partial charge in [-0.2, -0.15) is 14.7 Å². The van der Waals surface area contributed by atoms with Gasteiger partial charge in [0, 0.05) is 36.6 Å². The van der Waals surface area contributed by atoms with Crippen molar-refractivity contribution < 1.29 is 27.8 Å². The van der Waals surface area contributed by atoms with Gasteiger partial charge in [-0.1, -0.05) is 18.2 Å². The normalized spacial score (nSPS) is 19.9. The van der Waals surface area contributed by atoms with E-state index in [4.69, 9.17) is 20.2 Å². The molecule has 5 rings (SSSR count). The molecule has 0 saturated heterocycles. The molecular formula is C26H30N6O6S. The maximum absolute atomic E-state index is 12.9. The molecule has 0 bridgehead atoms. The maximum Gasteiger partial charge on any atom is 0.335 e. The Morgan fingerprint density at radius 1 is 1.15 bits per heavy atom. The minimum absolute atomic E-state index is 0.0365. The van der Waals surface area contributed by atoms with Crippen LogP contribution in [0.4, 0.5) is 5.82 Å². The molecule has 206 valence electrons. The molecule has 13 heteroatoms. The number of carboxylic acid groups (broad SMARTS) is 1. The van der Waals surface area contributed by atoms with Gasteiger partial charge in [0.1, 0.15) is 10.7 Å². The summed E-state index contributed by atoms with van der Waals surface area (Å²) in [5.41, 5.74) is 8.02. The highest BCUT2D eigenvalue weighted by molar-refractivity contribution is 7.91. The fourth-order valence-electron chi connectivity index (χ4n) is 5.16. The van der Waals surface area contributed by atoms with E-state index >= 15 is 0 Å². The van der Waals surface area contributed by atoms with Crippen LogP contribution in [0.2, 0.25) is 0 Å². The second kappa shape index (κ2) is 10.4. The highest BCUT2D eigenvalue weighted by Gasteiger charge is 2.44. The SMILES string of the molecule is COCCOC1(C(=O)O)CCC(c2nc3c(-c4cnn(-c5ccccc5)c4)cnn3c(N)c2S(C)(=O)=O)CC1. The Labute approximate surface area is 225 Å². The van der Waals surface area contributed by atoms with Gasteiger partial charge in [-0.3, -0.25) is 0 Å². The number of benzene rings is 1. The number of sulfone groups is 1. The summed E-state index contributed by atoms with van der Waals surface area (Å²) in [5, 5.41) is 18.7. The van der Waals surface area contributed by atoms with Gasteiger partial charge in [-0.05, 0) is 37.8 Å². The molecule has 0 unspecified atom stereocenters. The number of anilines is 1. The third kappa shape index (κ3) is 5.00. The number of aromatic nitrogens is 5. The van der Waals surface area contributed by atoms with E-state index in [1.54, 1.807) is 17.1 Å². The second-order valence-electron chi connectivity index (χ2n) is 9.70. The quantitative estimate of drug-likeness (QED) is 0.294. The number of nitrogen functional groups attached to an aromatic ring is 1. The molecule has 4 aromatic rings. The van der Waals surface area contributed by atoms with Crippen LogP contribution in [0.5, 0.6) is 0 Å². The van der Waals surface area contributed by atoms with Crippen LogP contribution >= 0.6 is 0 Å². The highest BCUT2D eigenvalue weighted by Crippen LogP contribution is 2.43. The Balaban J connectivity index is 1.54. The van der Waals surface area contributed by atoms with Gasteiger partial charge < -0.3 is 20.3 Å². The molecule has 1 aliphatic carbocycles. The minimum Gasteiger partial charge on any atom is -0.479 e. The Hall–Kier alpha value is -3.81. The van der Waals surface area contributed by atoms with Crippen LogP contribution in [-0.2, 0) is 24.1 Å². The second-order valence-corrected chi connectivity index (χ2v) is 11.7. The zero-order valence-electron chi connectivity index (χ0n) is 21.6. The summed E-state index contributed by atoms with van der Waals surface area (Å²) in [4.78, 5) is 16.8. The van der Waals surface area contributed by atoms with Gasteiger partial charge in [0.05, 0.1) is 37.0 Å². The topological polar surface area (TPSA) is 164 Å². The standard InChI is InChI=1S/C26H30N6O6S/c1-37-12-13-38-26(25(33)34)10-8-17(9-11-26)21-22(39(2,35)36)23(27)32-24(30-21)20(15-29-32)18-14-28-31(16-18)19-6-4-3-5-7-19/h3-7,14-17H,8-13,27H2,1-2H3,(H,33,34). The Kier molecular flexibility index (Phi) is 7.14. The molecule has 12 nitrogen and oxygen atoms in total. The van der Waals surface area contributed by atoms with E-state index in [0.717, 1.165) is 17.5 Å². The van der Waals surface area contributed by atoms with Gasteiger partial charge >= 0.3 is 5.97 Å². The van der Waals surface area contributed by atoms with Crippen LogP contribution in [0.25, 0.3) is 22.5 Å². The summed E-state index contributed by atoms with van der Waals surface area (Å²) in [6.45, 7) is 0.422. The van der Waals surface area contributed by atoms with Gasteiger partial charge in [0.2, 0.25) is 0 Å². The van der Waals surface area contributed by atoms with Crippen molar-refractivity contribution in [2.45, 2.75) is 42.1 Å². The van der Waals surface area contributed by atoms with Crippen LogP contribution in [0.3, 0.4) is 0 Å². The van der Waals surface area contributed by atoms with Gasteiger partial charge in [-0.25, -0.2) is 22.9 Å². The average Bonchev–Trinajstić information content (AvgIpc) is 3.56. The molecule has 1 saturated carbocycles. The molecule has 3 N–H and O–H groups in total. The molecule has 3 aromatic heterocycles. The summed E-state index contributed by atoms with van der Waals surface area (Å²) in [6, 6.07) is 9.61. The van der Waals surface area contributed by atoms with E-state index in [-0.39, 0.29) is 42.7 Å². The van der Waals surface area contributed by atoms with Crippen LogP contribution in [0, 0.1) is 0 Å². The summed E-state index contributed by atoms with van der Waals surface area (Å²) >= 11 is 0. The number of fused-ring (bicyclic) bond motifs is 1. The molecule has 0 amide bonds. The van der Waals surface area contributed by atoms with Crippen molar-refractivity contribution in [3.05, 3.63) is 54.6 Å². The van der Waals surface area contributed by atoms with Crippen LogP contribution < -0.4 is 5.73 Å². The smallest absolute Gasteiger partial charge is 0.335 e. The van der Waals surface area contributed by atoms with Gasteiger partial charge in [0.15, 0.2) is 21.1 Å². The highest BCUT2D eigenvalue weighted by atomic mass is 32.2. The summed E-state index contributed by atoms with van der Waals surface area (Å²) in [7, 11) is -2.27. The third-order valence-electron chi connectivity index (χ3n) is 7.18. The lowest BCUT2D eigenvalue weighted by Gasteiger charge is -2.36. The zero-order valence-corrected chi connectivity index (χ0v) is 22.5. The Morgan fingerprint density at radius 3 is 2.51 bits per heavy atom. The monoisotopic (exact) mass is 554 g/mol. The summed E-state index contributed by atoms with van der Waals surface area (Å²) < 4.78 is 39.6. The first kappa shape index (κ1) is 26.8. The average molecular weight is 555 g/mol. The van der Waals surface area contributed by atoms with Crippen molar-refractivity contribution >= 4 is 27.3 Å². The van der Waals surface area contributed by atoms with Crippen LogP contribution in [0.1, 0.15) is 37.3 Å². The predicted molar refractivity (Wildman–Crippen MR) is 142 cm³/mol. The van der Waals surface area contributed by atoms with E-state index in [1.807, 2.05) is 36.5 Å². The van der Waals surface area contributed by atoms with Crippen molar-refractivity contribution in [3.63, 3.8) is 0 Å². The fraction of sp³-hybridized carbons (Fsp3) is 0.385. The summed E-state index contributed by atoms with van der Waals surface area (Å²) in [6.07, 6.45) is 7.31. The molecule has 1 aliphatic rings. The number of hydrogen-bond donors (Lipinski definition) is 2. The van der Waals surface area contributed by atoms with Crippen molar-refractivity contribution in [3.8, 4) is 16.8 Å². The minimum atomic E-state index is -3.78. The van der Waals surface area contributed by atoms with Gasteiger partial charge in [0.25, 0.3) is 0 Å². The number of nitrogens with two attached hydrogens (primary N) is 1. The Bertz CT molecular complexity index is 1610. The zero-order chi connectivity index (χ0) is 27.8. The van der Waals surface area contributed by atoms with E-state index < -0.39 is 21.4 Å². The van der Waals surface area contributed by atoms with Crippen molar-refractivity contribution in [1.29, 1.82) is 0 Å². The lowest BCUT2D eigenvalue weighted by molar-refractivity contribution is -0.173. The lowest BCUT2D eigenvalue weighted by Crippen LogP contribution is -2.45. The number of rotatable bonds is 9. The maximum atomic E-state index is 12.9. The molecule has 3 heterocycles. The summed E-state index contributed by atoms with van der Waals surface area (Å²) in [5.74, 6) is -1.42. The number of ether oxygens (including phenoxy) is 2. The molecule has 1 fully saturated rings. The first-order valence-electron chi connectivity index (χ1n) is 12.5. The van der Waals surface area contributed by atoms with Crippen LogP contribution in [-0.4, -0.2) is 76.1 Å². The van der Waals surface area contributed by atoms with Crippen LogP contribution in [0.15, 0.2) is 53.8 Å². The number of hydrogen-bond acceptors (Lipinski definition) is 9. The number of para-hydroxylation sites is 1. The first-order chi connectivity index (χ1) is 18.6.